The number of ether oxygens (including phenoxy) is 3. The maximum Gasteiger partial charge on any atom is 0.303 e. The van der Waals surface area contributed by atoms with Gasteiger partial charge in [0, 0.05) is 26.6 Å². The zero-order valence-electron chi connectivity index (χ0n) is 19.8. The molecular weight excluding hydrogens is 380 g/mol. The lowest BCUT2D eigenvalue weighted by molar-refractivity contribution is -0.137. The summed E-state index contributed by atoms with van der Waals surface area (Å²) in [4.78, 5) is 10.8. The Bertz CT molecular complexity index is 616. The van der Waals surface area contributed by atoms with Gasteiger partial charge in [0.05, 0.1) is 13.7 Å². The molecule has 0 spiro atoms. The number of hydrogen-bond donors (Lipinski definition) is 1. The van der Waals surface area contributed by atoms with Gasteiger partial charge in [-0.1, -0.05) is 46.6 Å². The lowest BCUT2D eigenvalue weighted by Gasteiger charge is -2.42. The predicted octanol–water partition coefficient (Wildman–Crippen LogP) is 5.99. The molecule has 30 heavy (non-hydrogen) atoms. The number of carbonyl (C=O) groups is 1. The predicted molar refractivity (Wildman–Crippen MR) is 122 cm³/mol. The van der Waals surface area contributed by atoms with Crippen LogP contribution in [0, 0.1) is 17.3 Å². The number of aliphatic carboxylic acids is 1. The molecule has 0 saturated carbocycles. The SMILES string of the molecule is COCCCOc1cc(CC(CCCCCC(=O)O)(C(C)C)C(C)C)ccc1OC. The van der Waals surface area contributed by atoms with Crippen molar-refractivity contribution in [1.82, 2.24) is 0 Å². The van der Waals surface area contributed by atoms with Crippen molar-refractivity contribution in [3.05, 3.63) is 23.8 Å². The molecule has 0 fully saturated rings. The second-order valence-electron chi connectivity index (χ2n) is 8.85. The van der Waals surface area contributed by atoms with Crippen LogP contribution in [0.1, 0.15) is 71.8 Å². The molecule has 1 N–H and O–H groups in total. The fourth-order valence-electron chi connectivity index (χ4n) is 4.36. The van der Waals surface area contributed by atoms with Crippen LogP contribution in [-0.4, -0.2) is 38.5 Å². The maximum atomic E-state index is 10.8. The summed E-state index contributed by atoms with van der Waals surface area (Å²) < 4.78 is 16.6. The quantitative estimate of drug-likeness (QED) is 0.332. The van der Waals surface area contributed by atoms with E-state index in [0.29, 0.717) is 25.0 Å². The van der Waals surface area contributed by atoms with Crippen LogP contribution in [-0.2, 0) is 16.0 Å². The van der Waals surface area contributed by atoms with Crippen molar-refractivity contribution in [3.63, 3.8) is 0 Å². The number of carboxylic acids is 1. The molecule has 0 aliphatic rings. The third kappa shape index (κ3) is 8.17. The number of carboxylic acid groups (broad SMARTS) is 1. The van der Waals surface area contributed by atoms with E-state index in [9.17, 15) is 4.79 Å². The first kappa shape index (κ1) is 26.3. The molecule has 0 saturated heterocycles. The van der Waals surface area contributed by atoms with Gasteiger partial charge < -0.3 is 19.3 Å². The highest BCUT2D eigenvalue weighted by Crippen LogP contribution is 2.44. The van der Waals surface area contributed by atoms with Gasteiger partial charge in [0.25, 0.3) is 0 Å². The summed E-state index contributed by atoms with van der Waals surface area (Å²) in [5.74, 6) is 1.87. The second kappa shape index (κ2) is 13.5. The second-order valence-corrected chi connectivity index (χ2v) is 8.85. The fourth-order valence-corrected chi connectivity index (χ4v) is 4.36. The van der Waals surface area contributed by atoms with Crippen LogP contribution in [0.4, 0.5) is 0 Å². The third-order valence-electron chi connectivity index (χ3n) is 6.34. The molecule has 0 radical (unpaired) electrons. The molecular formula is C25H42O5. The first-order valence-corrected chi connectivity index (χ1v) is 11.3. The summed E-state index contributed by atoms with van der Waals surface area (Å²) >= 11 is 0. The van der Waals surface area contributed by atoms with E-state index in [1.807, 2.05) is 6.07 Å². The Labute approximate surface area is 183 Å². The minimum atomic E-state index is -0.703. The lowest BCUT2D eigenvalue weighted by Crippen LogP contribution is -2.35. The van der Waals surface area contributed by atoms with Gasteiger partial charge in [0.1, 0.15) is 0 Å². The van der Waals surface area contributed by atoms with Crippen molar-refractivity contribution in [3.8, 4) is 11.5 Å². The Hall–Kier alpha value is -1.75. The van der Waals surface area contributed by atoms with E-state index in [4.69, 9.17) is 19.3 Å². The maximum absolute atomic E-state index is 10.8. The largest absolute Gasteiger partial charge is 0.493 e. The number of hydrogen-bond acceptors (Lipinski definition) is 4. The van der Waals surface area contributed by atoms with E-state index < -0.39 is 5.97 Å². The molecule has 1 aromatic carbocycles. The van der Waals surface area contributed by atoms with Crippen LogP contribution in [0.5, 0.6) is 11.5 Å². The monoisotopic (exact) mass is 422 g/mol. The highest BCUT2D eigenvalue weighted by Gasteiger charge is 2.36. The molecule has 0 heterocycles. The van der Waals surface area contributed by atoms with Crippen molar-refractivity contribution in [2.24, 2.45) is 17.3 Å². The van der Waals surface area contributed by atoms with E-state index in [0.717, 1.165) is 50.0 Å². The number of rotatable bonds is 16. The van der Waals surface area contributed by atoms with Gasteiger partial charge in [-0.05, 0) is 54.2 Å². The highest BCUT2D eigenvalue weighted by molar-refractivity contribution is 5.66. The molecule has 0 aliphatic carbocycles. The first-order chi connectivity index (χ1) is 14.3. The van der Waals surface area contributed by atoms with Crippen LogP contribution in [0.2, 0.25) is 0 Å². The molecule has 1 rings (SSSR count). The van der Waals surface area contributed by atoms with Gasteiger partial charge in [-0.3, -0.25) is 4.79 Å². The van der Waals surface area contributed by atoms with Gasteiger partial charge in [-0.25, -0.2) is 0 Å². The molecule has 0 aliphatic heterocycles. The van der Waals surface area contributed by atoms with Gasteiger partial charge in [0.2, 0.25) is 0 Å². The van der Waals surface area contributed by atoms with E-state index >= 15 is 0 Å². The van der Waals surface area contributed by atoms with Crippen LogP contribution < -0.4 is 9.47 Å². The highest BCUT2D eigenvalue weighted by atomic mass is 16.5. The van der Waals surface area contributed by atoms with Gasteiger partial charge in [0.15, 0.2) is 11.5 Å². The van der Waals surface area contributed by atoms with E-state index in [2.05, 4.69) is 39.8 Å². The third-order valence-corrected chi connectivity index (χ3v) is 6.34. The van der Waals surface area contributed by atoms with Crippen LogP contribution in [0.3, 0.4) is 0 Å². The minimum absolute atomic E-state index is 0.158. The van der Waals surface area contributed by atoms with Crippen molar-refractivity contribution >= 4 is 5.97 Å². The van der Waals surface area contributed by atoms with Gasteiger partial charge in [-0.2, -0.15) is 0 Å². The topological polar surface area (TPSA) is 65.0 Å². The Morgan fingerprint density at radius 1 is 0.967 bits per heavy atom. The smallest absolute Gasteiger partial charge is 0.303 e. The van der Waals surface area contributed by atoms with Gasteiger partial charge in [-0.15, -0.1) is 0 Å². The summed E-state index contributed by atoms with van der Waals surface area (Å²) in [5, 5.41) is 8.88. The van der Waals surface area contributed by atoms with Crippen molar-refractivity contribution in [2.75, 3.05) is 27.4 Å². The Balaban J connectivity index is 2.94. The average Bonchev–Trinajstić information content (AvgIpc) is 2.69. The zero-order chi connectivity index (χ0) is 22.6. The standard InChI is InChI=1S/C25H42O5/c1-19(2)25(20(3)4,14-9-7-8-11-24(26)27)18-21-12-13-22(29-6)23(17-21)30-16-10-15-28-5/h12-13,17,19-20H,7-11,14-16,18H2,1-6H3,(H,26,27). The van der Waals surface area contributed by atoms with Crippen molar-refractivity contribution in [2.45, 2.75) is 72.6 Å². The van der Waals surface area contributed by atoms with Crippen LogP contribution >= 0.6 is 0 Å². The van der Waals surface area contributed by atoms with Crippen molar-refractivity contribution in [1.29, 1.82) is 0 Å². The molecule has 0 amide bonds. The summed E-state index contributed by atoms with van der Waals surface area (Å²) in [5.41, 5.74) is 1.41. The summed E-state index contributed by atoms with van der Waals surface area (Å²) in [6.07, 6.45) is 5.94. The summed E-state index contributed by atoms with van der Waals surface area (Å²) in [7, 11) is 3.36. The number of methoxy groups -OCH3 is 2. The molecule has 0 bridgehead atoms. The summed E-state index contributed by atoms with van der Waals surface area (Å²) in [6, 6.07) is 6.26. The normalized spacial score (nSPS) is 11.9. The Kier molecular flexibility index (Phi) is 11.9. The molecule has 5 heteroatoms. The summed E-state index contributed by atoms with van der Waals surface area (Å²) in [6.45, 7) is 10.5. The van der Waals surface area contributed by atoms with Crippen LogP contribution in [0.25, 0.3) is 0 Å². The lowest BCUT2D eigenvalue weighted by atomic mass is 9.63. The van der Waals surface area contributed by atoms with E-state index in [-0.39, 0.29) is 11.8 Å². The minimum Gasteiger partial charge on any atom is -0.493 e. The van der Waals surface area contributed by atoms with Crippen LogP contribution in [0.15, 0.2) is 18.2 Å². The van der Waals surface area contributed by atoms with Crippen molar-refractivity contribution < 1.29 is 24.1 Å². The fraction of sp³-hybridized carbons (Fsp3) is 0.720. The molecule has 172 valence electrons. The van der Waals surface area contributed by atoms with E-state index in [1.165, 1.54) is 5.56 Å². The number of benzene rings is 1. The number of unbranched alkanes of at least 4 members (excludes halogenated alkanes) is 2. The first-order valence-electron chi connectivity index (χ1n) is 11.3. The van der Waals surface area contributed by atoms with E-state index in [1.54, 1.807) is 14.2 Å². The molecule has 0 atom stereocenters. The molecule has 0 aromatic heterocycles. The molecule has 0 unspecified atom stereocenters. The zero-order valence-corrected chi connectivity index (χ0v) is 19.8. The average molecular weight is 423 g/mol. The molecule has 1 aromatic rings. The Morgan fingerprint density at radius 3 is 2.23 bits per heavy atom. The molecule has 5 nitrogen and oxygen atoms in total. The van der Waals surface area contributed by atoms with Gasteiger partial charge >= 0.3 is 5.97 Å². The Morgan fingerprint density at radius 2 is 1.67 bits per heavy atom.